The van der Waals surface area contributed by atoms with Gasteiger partial charge in [0.25, 0.3) is 0 Å². The number of nitrogens with zero attached hydrogens (tertiary/aromatic N) is 2. The largest absolute Gasteiger partial charge is 0.508 e. The van der Waals surface area contributed by atoms with Crippen LogP contribution in [-0.4, -0.2) is 188 Å². The van der Waals surface area contributed by atoms with Crippen molar-refractivity contribution in [2.45, 2.75) is 132 Å². The van der Waals surface area contributed by atoms with E-state index in [1.54, 1.807) is 30.3 Å². The van der Waals surface area contributed by atoms with Gasteiger partial charge in [0.05, 0.1) is 25.4 Å². The molecule has 3 rings (SSSR count). The summed E-state index contributed by atoms with van der Waals surface area (Å²) >= 11 is 0. The van der Waals surface area contributed by atoms with Gasteiger partial charge in [0.2, 0.25) is 59.1 Å². The highest BCUT2D eigenvalue weighted by Gasteiger charge is 2.41. The molecule has 1 fully saturated rings. The molecule has 2 aromatic rings. The predicted molar refractivity (Wildman–Crippen MR) is 278 cm³/mol. The summed E-state index contributed by atoms with van der Waals surface area (Å²) in [5, 5.41) is 66.9. The number of aliphatic imine (C=N–C) groups is 1. The molecule has 79 heavy (non-hydrogen) atoms. The lowest BCUT2D eigenvalue weighted by molar-refractivity contribution is -0.145. The summed E-state index contributed by atoms with van der Waals surface area (Å²) < 4.78 is 0. The van der Waals surface area contributed by atoms with Crippen LogP contribution in [0.3, 0.4) is 0 Å². The number of phenols is 1. The molecule has 1 aliphatic heterocycles. The van der Waals surface area contributed by atoms with Gasteiger partial charge in [-0.25, -0.2) is 4.79 Å². The molecule has 0 radical (unpaired) electrons. The van der Waals surface area contributed by atoms with Gasteiger partial charge >= 0.3 is 5.97 Å². The average Bonchev–Trinajstić information content (AvgIpc) is 3.92. The smallest absolute Gasteiger partial charge is 0.328 e. The standard InChI is InChI=1S/C49H72N14O16/c1-25(66)39(48(78)79)62-43(73)32(21-26-7-3-2-4-8-26)58-46(76)36-10-6-20-63(36)47(77)33(22-27-11-13-28(67)14-12-27)59-44(74)34(23-64)61-45(75)35(24-65)60-41(71)30(9-5-19-55-49(53)54)57-42(72)31(16-18-38(52)69)56-40(70)29(50)15-17-37(51)68/h2-4,7-8,11-14,25,29-36,39,64-67H,5-6,9-10,15-24,50H2,1H3,(H2,51,68)(H2,52,69)(H,56,70)(H,57,72)(H,58,76)(H,59,74)(H,60,71)(H,61,75)(H,62,73)(H,78,79)(H4,53,54,55)/t25-,29+,30+,31+,32+,33+,34+,35+,36+,39+/m1/s1. The number of carbonyl (C=O) groups is 11. The van der Waals surface area contributed by atoms with E-state index in [0.29, 0.717) is 11.1 Å². The Labute approximate surface area is 453 Å². The van der Waals surface area contributed by atoms with Crippen molar-refractivity contribution in [3.63, 3.8) is 0 Å². The van der Waals surface area contributed by atoms with Gasteiger partial charge in [0, 0.05) is 38.8 Å². The molecule has 0 spiro atoms. The molecule has 0 saturated carbocycles. The van der Waals surface area contributed by atoms with E-state index in [9.17, 15) is 78.3 Å². The summed E-state index contributed by atoms with van der Waals surface area (Å²) in [5.74, 6) is -11.6. The number of aliphatic hydroxyl groups excluding tert-OH is 3. The monoisotopic (exact) mass is 1110 g/mol. The SMILES string of the molecule is C[C@@H](O)[C@H](NC(=O)[C@H](Cc1ccccc1)NC(=O)[C@@H]1CCCN1C(=O)[C@H](Cc1ccc(O)cc1)NC(=O)[C@H](CO)NC(=O)[C@H](CO)NC(=O)[C@H](CCCN=C(N)N)NC(=O)[C@H](CCC(N)=O)NC(=O)[C@@H](N)CCC(N)=O)C(=O)O. The number of carboxylic acids is 1. The van der Waals surface area contributed by atoms with Gasteiger partial charge in [0.1, 0.15) is 48.0 Å². The number of hydrogen-bond acceptors (Lipinski definition) is 17. The van der Waals surface area contributed by atoms with Gasteiger partial charge in [0.15, 0.2) is 12.0 Å². The van der Waals surface area contributed by atoms with Crippen LogP contribution >= 0.6 is 0 Å². The van der Waals surface area contributed by atoms with Crippen molar-refractivity contribution in [3.05, 3.63) is 65.7 Å². The summed E-state index contributed by atoms with van der Waals surface area (Å²) in [6, 6.07) is -0.201. The van der Waals surface area contributed by atoms with Crippen LogP contribution in [0.1, 0.15) is 69.4 Å². The second kappa shape index (κ2) is 32.3. The lowest BCUT2D eigenvalue weighted by Crippen LogP contribution is -2.61. The highest BCUT2D eigenvalue weighted by Crippen LogP contribution is 2.21. The van der Waals surface area contributed by atoms with Crippen molar-refractivity contribution in [2.75, 3.05) is 26.3 Å². The number of hydrogen-bond donors (Lipinski definition) is 17. The van der Waals surface area contributed by atoms with Crippen LogP contribution in [-0.2, 0) is 65.6 Å². The molecule has 22 N–H and O–H groups in total. The first-order valence-corrected chi connectivity index (χ1v) is 25.1. The first-order valence-electron chi connectivity index (χ1n) is 25.1. The molecule has 10 atom stereocenters. The van der Waals surface area contributed by atoms with Gasteiger partial charge < -0.3 is 96.3 Å². The quantitative estimate of drug-likeness (QED) is 0.0179. The van der Waals surface area contributed by atoms with E-state index >= 15 is 0 Å². The number of aliphatic hydroxyl groups is 3. The second-order valence-corrected chi connectivity index (χ2v) is 18.6. The number of nitrogens with two attached hydrogens (primary N) is 5. The minimum absolute atomic E-state index is 0.0218. The number of rotatable bonds is 33. The molecule has 1 saturated heterocycles. The van der Waals surface area contributed by atoms with E-state index in [0.717, 1.165) is 11.8 Å². The Balaban J connectivity index is 1.86. The summed E-state index contributed by atoms with van der Waals surface area (Å²) in [6.07, 6.45) is -3.06. The maximum Gasteiger partial charge on any atom is 0.328 e. The average molecular weight is 1110 g/mol. The molecular weight excluding hydrogens is 1040 g/mol. The third-order valence-electron chi connectivity index (χ3n) is 12.4. The number of phenolic OH excluding ortho intramolecular Hbond substituents is 1. The van der Waals surface area contributed by atoms with E-state index in [4.69, 9.17) is 28.7 Å². The van der Waals surface area contributed by atoms with Crippen LogP contribution in [0.5, 0.6) is 5.75 Å². The normalized spacial score (nSPS) is 16.3. The number of aromatic hydroxyl groups is 1. The molecule has 30 nitrogen and oxygen atoms in total. The Hall–Kier alpha value is -8.48. The third-order valence-corrected chi connectivity index (χ3v) is 12.4. The molecule has 30 heteroatoms. The number of likely N-dealkylation sites (tertiary alicyclic amines) is 1. The number of nitrogens with one attached hydrogen (secondary N) is 7. The lowest BCUT2D eigenvalue weighted by atomic mass is 10.0. The van der Waals surface area contributed by atoms with Crippen LogP contribution in [0, 0.1) is 0 Å². The number of amides is 10. The first-order chi connectivity index (χ1) is 37.3. The van der Waals surface area contributed by atoms with Crippen molar-refractivity contribution >= 4 is 71.0 Å². The molecular formula is C49H72N14O16. The fourth-order valence-electron chi connectivity index (χ4n) is 8.05. The van der Waals surface area contributed by atoms with E-state index < -0.39 is 145 Å². The van der Waals surface area contributed by atoms with E-state index in [-0.39, 0.29) is 82.6 Å². The van der Waals surface area contributed by atoms with Gasteiger partial charge in [-0.1, -0.05) is 42.5 Å². The minimum atomic E-state index is -1.88. The molecule has 2 aromatic carbocycles. The zero-order valence-corrected chi connectivity index (χ0v) is 43.4. The minimum Gasteiger partial charge on any atom is -0.508 e. The zero-order valence-electron chi connectivity index (χ0n) is 43.4. The number of benzene rings is 2. The maximum absolute atomic E-state index is 14.6. The van der Waals surface area contributed by atoms with Crippen LogP contribution in [0.25, 0.3) is 0 Å². The lowest BCUT2D eigenvalue weighted by Gasteiger charge is -2.31. The van der Waals surface area contributed by atoms with Gasteiger partial charge in [-0.3, -0.25) is 52.9 Å². The van der Waals surface area contributed by atoms with Crippen molar-refractivity contribution < 1.29 is 78.3 Å². The van der Waals surface area contributed by atoms with Crippen molar-refractivity contribution in [3.8, 4) is 5.75 Å². The Morgan fingerprint density at radius 3 is 1.63 bits per heavy atom. The summed E-state index contributed by atoms with van der Waals surface area (Å²) in [7, 11) is 0. The molecule has 0 aliphatic carbocycles. The van der Waals surface area contributed by atoms with Crippen LogP contribution in [0.2, 0.25) is 0 Å². The number of carbonyl (C=O) groups excluding carboxylic acids is 10. The Morgan fingerprint density at radius 2 is 1.10 bits per heavy atom. The molecule has 1 heterocycles. The Kier molecular flexibility index (Phi) is 26.5. The number of aliphatic carboxylic acids is 1. The fourth-order valence-corrected chi connectivity index (χ4v) is 8.05. The number of primary amides is 2. The maximum atomic E-state index is 14.6. The van der Waals surface area contributed by atoms with E-state index in [1.165, 1.54) is 24.3 Å². The van der Waals surface area contributed by atoms with E-state index in [2.05, 4.69) is 42.2 Å². The summed E-state index contributed by atoms with van der Waals surface area (Å²) in [6.45, 7) is -1.17. The molecule has 0 bridgehead atoms. The van der Waals surface area contributed by atoms with Gasteiger partial charge in [-0.15, -0.1) is 0 Å². The fraction of sp³-hybridized carbons (Fsp3) is 0.510. The number of guanidine groups is 1. The van der Waals surface area contributed by atoms with Crippen molar-refractivity contribution in [1.82, 2.24) is 42.1 Å². The van der Waals surface area contributed by atoms with E-state index in [1.807, 2.05) is 0 Å². The van der Waals surface area contributed by atoms with Crippen LogP contribution < -0.4 is 65.9 Å². The topological polar surface area (TPSA) is 519 Å². The molecule has 0 unspecified atom stereocenters. The van der Waals surface area contributed by atoms with Crippen LogP contribution in [0.15, 0.2) is 59.6 Å². The summed E-state index contributed by atoms with van der Waals surface area (Å²) in [5.41, 5.74) is 28.1. The van der Waals surface area contributed by atoms with Gasteiger partial charge in [-0.2, -0.15) is 0 Å². The highest BCUT2D eigenvalue weighted by molar-refractivity contribution is 5.98. The number of carboxylic acid groups (broad SMARTS) is 1. The Bertz CT molecular complexity index is 2480. The van der Waals surface area contributed by atoms with Crippen molar-refractivity contribution in [1.29, 1.82) is 0 Å². The Morgan fingerprint density at radius 1 is 0.620 bits per heavy atom. The molecule has 1 aliphatic rings. The van der Waals surface area contributed by atoms with Gasteiger partial charge in [-0.05, 0) is 68.7 Å². The molecule has 0 aromatic heterocycles. The molecule has 10 amide bonds. The first kappa shape index (κ1) is 64.8. The molecule has 434 valence electrons. The second-order valence-electron chi connectivity index (χ2n) is 18.6. The van der Waals surface area contributed by atoms with Crippen molar-refractivity contribution in [2.24, 2.45) is 33.7 Å². The highest BCUT2D eigenvalue weighted by atomic mass is 16.4. The zero-order chi connectivity index (χ0) is 58.9. The third kappa shape index (κ3) is 21.8. The van der Waals surface area contributed by atoms with Crippen LogP contribution in [0.4, 0.5) is 0 Å². The predicted octanol–water partition coefficient (Wildman–Crippen LogP) is -7.08. The summed E-state index contributed by atoms with van der Waals surface area (Å²) in [4.78, 5) is 150.